The molecule has 1 heterocycles. The van der Waals surface area contributed by atoms with Gasteiger partial charge in [0.05, 0.1) is 6.42 Å². The van der Waals surface area contributed by atoms with Gasteiger partial charge in [0.2, 0.25) is 5.91 Å². The van der Waals surface area contributed by atoms with Crippen molar-refractivity contribution in [1.29, 1.82) is 0 Å². The number of aromatic nitrogens is 1. The molecule has 2 aromatic rings. The summed E-state index contributed by atoms with van der Waals surface area (Å²) in [6.07, 6.45) is 1.45. The lowest BCUT2D eigenvalue weighted by atomic mass is 10.0. The van der Waals surface area contributed by atoms with E-state index in [-0.39, 0.29) is 5.91 Å². The topological polar surface area (TPSA) is 48.1 Å². The van der Waals surface area contributed by atoms with Crippen LogP contribution in [0.1, 0.15) is 37.6 Å². The Kier molecular flexibility index (Phi) is 6.22. The molecule has 4 nitrogen and oxygen atoms in total. The van der Waals surface area contributed by atoms with E-state index in [1.807, 2.05) is 6.92 Å². The molecule has 0 aliphatic carbocycles. The van der Waals surface area contributed by atoms with Crippen molar-refractivity contribution < 1.29 is 4.79 Å². The molecule has 0 radical (unpaired) electrons. The lowest BCUT2D eigenvalue weighted by Crippen LogP contribution is -2.35. The van der Waals surface area contributed by atoms with Crippen LogP contribution in [-0.4, -0.2) is 42.0 Å². The summed E-state index contributed by atoms with van der Waals surface area (Å²) in [7, 11) is 0. The van der Waals surface area contributed by atoms with E-state index in [2.05, 4.69) is 54.2 Å². The van der Waals surface area contributed by atoms with Gasteiger partial charge in [0.25, 0.3) is 0 Å². The molecule has 2 N–H and O–H groups in total. The van der Waals surface area contributed by atoms with Crippen LogP contribution in [0.25, 0.3) is 10.9 Å². The van der Waals surface area contributed by atoms with E-state index < -0.39 is 0 Å². The molecule has 126 valence electrons. The number of nitrogens with one attached hydrogen (secondary N) is 2. The summed E-state index contributed by atoms with van der Waals surface area (Å²) in [6.45, 7) is 12.2. The Morgan fingerprint density at radius 2 is 1.96 bits per heavy atom. The van der Waals surface area contributed by atoms with Crippen molar-refractivity contribution in [3.8, 4) is 0 Å². The van der Waals surface area contributed by atoms with E-state index in [0.29, 0.717) is 13.0 Å². The summed E-state index contributed by atoms with van der Waals surface area (Å²) in [4.78, 5) is 18.0. The Morgan fingerprint density at radius 3 is 2.61 bits per heavy atom. The highest BCUT2D eigenvalue weighted by Crippen LogP contribution is 2.24. The third-order valence-corrected chi connectivity index (χ3v) is 4.57. The van der Waals surface area contributed by atoms with Gasteiger partial charge in [-0.3, -0.25) is 4.79 Å². The second kappa shape index (κ2) is 8.16. The van der Waals surface area contributed by atoms with Crippen LogP contribution < -0.4 is 5.32 Å². The van der Waals surface area contributed by atoms with E-state index >= 15 is 0 Å². The summed E-state index contributed by atoms with van der Waals surface area (Å²) in [5, 5.41) is 4.23. The fourth-order valence-corrected chi connectivity index (χ4v) is 2.99. The Morgan fingerprint density at radius 1 is 1.22 bits per heavy atom. The van der Waals surface area contributed by atoms with E-state index in [0.717, 1.165) is 42.8 Å². The van der Waals surface area contributed by atoms with Crippen LogP contribution >= 0.6 is 0 Å². The Bertz CT molecular complexity index is 656. The number of H-pyrrole nitrogens is 1. The predicted molar refractivity (Wildman–Crippen MR) is 96.9 cm³/mol. The number of nitrogens with zero attached hydrogens (tertiary/aromatic N) is 1. The van der Waals surface area contributed by atoms with Gasteiger partial charge in [-0.15, -0.1) is 0 Å². The number of hydrogen-bond acceptors (Lipinski definition) is 2. The van der Waals surface area contributed by atoms with Gasteiger partial charge in [0.1, 0.15) is 0 Å². The van der Waals surface area contributed by atoms with Crippen LogP contribution in [-0.2, 0) is 17.6 Å². The van der Waals surface area contributed by atoms with Crippen molar-refractivity contribution >= 4 is 16.8 Å². The van der Waals surface area contributed by atoms with E-state index in [1.165, 1.54) is 10.9 Å². The Hall–Kier alpha value is -1.81. The van der Waals surface area contributed by atoms with Gasteiger partial charge in [-0.25, -0.2) is 0 Å². The SMILES string of the molecule is CCc1ccc2[nH]c(C)c(CC(=O)NCCN(CC)CC)c2c1. The highest BCUT2D eigenvalue weighted by atomic mass is 16.1. The summed E-state index contributed by atoms with van der Waals surface area (Å²) in [5.74, 6) is 0.100. The van der Waals surface area contributed by atoms with Crippen LogP contribution in [0.5, 0.6) is 0 Å². The third-order valence-electron chi connectivity index (χ3n) is 4.57. The van der Waals surface area contributed by atoms with Gasteiger partial charge in [0.15, 0.2) is 0 Å². The van der Waals surface area contributed by atoms with Crippen LogP contribution in [0, 0.1) is 6.92 Å². The van der Waals surface area contributed by atoms with Crippen LogP contribution in [0.3, 0.4) is 0 Å². The lowest BCUT2D eigenvalue weighted by molar-refractivity contribution is -0.120. The maximum absolute atomic E-state index is 12.3. The molecule has 1 aromatic heterocycles. The van der Waals surface area contributed by atoms with Crippen molar-refractivity contribution in [2.45, 2.75) is 40.5 Å². The number of fused-ring (bicyclic) bond motifs is 1. The average molecular weight is 315 g/mol. The van der Waals surface area contributed by atoms with Gasteiger partial charge in [-0.2, -0.15) is 0 Å². The number of aromatic amines is 1. The van der Waals surface area contributed by atoms with Crippen molar-refractivity contribution in [2.24, 2.45) is 0 Å². The van der Waals surface area contributed by atoms with E-state index in [4.69, 9.17) is 0 Å². The second-order valence-corrected chi connectivity index (χ2v) is 6.02. The van der Waals surface area contributed by atoms with Crippen LogP contribution in [0.15, 0.2) is 18.2 Å². The molecular weight excluding hydrogens is 286 g/mol. The fourth-order valence-electron chi connectivity index (χ4n) is 2.99. The smallest absolute Gasteiger partial charge is 0.224 e. The lowest BCUT2D eigenvalue weighted by Gasteiger charge is -2.17. The zero-order valence-electron chi connectivity index (χ0n) is 14.8. The summed E-state index contributed by atoms with van der Waals surface area (Å²) < 4.78 is 0. The minimum Gasteiger partial charge on any atom is -0.358 e. The molecule has 0 saturated heterocycles. The summed E-state index contributed by atoms with van der Waals surface area (Å²) in [5.41, 5.74) is 4.63. The van der Waals surface area contributed by atoms with E-state index in [1.54, 1.807) is 0 Å². The first-order chi connectivity index (χ1) is 11.1. The maximum Gasteiger partial charge on any atom is 0.224 e. The zero-order valence-corrected chi connectivity index (χ0v) is 14.8. The van der Waals surface area contributed by atoms with Gasteiger partial charge in [0, 0.05) is 29.7 Å². The standard InChI is InChI=1S/C19H29N3O/c1-5-15-8-9-18-17(12-15)16(14(4)21-18)13-19(23)20-10-11-22(6-2)7-3/h8-9,12,21H,5-7,10-11,13H2,1-4H3,(H,20,23). The molecule has 0 aliphatic rings. The number of carbonyl (C=O) groups is 1. The van der Waals surface area contributed by atoms with Crippen LogP contribution in [0.4, 0.5) is 0 Å². The van der Waals surface area contributed by atoms with Gasteiger partial charge >= 0.3 is 0 Å². The highest BCUT2D eigenvalue weighted by Gasteiger charge is 2.13. The normalized spacial score (nSPS) is 11.3. The second-order valence-electron chi connectivity index (χ2n) is 6.02. The molecule has 0 spiro atoms. The summed E-state index contributed by atoms with van der Waals surface area (Å²) in [6, 6.07) is 6.46. The van der Waals surface area contributed by atoms with Crippen molar-refractivity contribution in [1.82, 2.24) is 15.2 Å². The van der Waals surface area contributed by atoms with Gasteiger partial charge in [-0.1, -0.05) is 26.8 Å². The number of carbonyl (C=O) groups excluding carboxylic acids is 1. The molecule has 0 aliphatic heterocycles. The molecule has 1 amide bonds. The molecule has 0 bridgehead atoms. The molecule has 4 heteroatoms. The molecule has 0 saturated carbocycles. The Labute approximate surface area is 139 Å². The van der Waals surface area contributed by atoms with Crippen molar-refractivity contribution in [3.05, 3.63) is 35.0 Å². The molecule has 2 rings (SSSR count). The predicted octanol–water partition coefficient (Wildman–Crippen LogP) is 3.04. The number of aryl methyl sites for hydroxylation is 2. The number of likely N-dealkylation sites (N-methyl/N-ethyl adjacent to an activating group) is 1. The van der Waals surface area contributed by atoms with E-state index in [9.17, 15) is 4.79 Å². The molecule has 1 aromatic carbocycles. The third kappa shape index (κ3) is 4.35. The minimum atomic E-state index is 0.100. The number of benzene rings is 1. The fraction of sp³-hybridized carbons (Fsp3) is 0.526. The van der Waals surface area contributed by atoms with Gasteiger partial charge < -0.3 is 15.2 Å². The quantitative estimate of drug-likeness (QED) is 0.786. The molecule has 23 heavy (non-hydrogen) atoms. The monoisotopic (exact) mass is 315 g/mol. The van der Waals surface area contributed by atoms with Crippen molar-refractivity contribution in [2.75, 3.05) is 26.2 Å². The Balaban J connectivity index is 2.03. The van der Waals surface area contributed by atoms with Crippen LogP contribution in [0.2, 0.25) is 0 Å². The highest BCUT2D eigenvalue weighted by molar-refractivity contribution is 5.90. The molecule has 0 unspecified atom stereocenters. The van der Waals surface area contributed by atoms with Gasteiger partial charge in [-0.05, 0) is 49.7 Å². The molecule has 0 fully saturated rings. The number of amides is 1. The largest absolute Gasteiger partial charge is 0.358 e. The maximum atomic E-state index is 12.3. The average Bonchev–Trinajstić information content (AvgIpc) is 2.86. The summed E-state index contributed by atoms with van der Waals surface area (Å²) >= 11 is 0. The first-order valence-electron chi connectivity index (χ1n) is 8.68. The first kappa shape index (κ1) is 17.5. The molecule has 0 atom stereocenters. The van der Waals surface area contributed by atoms with Crippen molar-refractivity contribution in [3.63, 3.8) is 0 Å². The number of hydrogen-bond donors (Lipinski definition) is 2. The minimum absolute atomic E-state index is 0.100. The zero-order chi connectivity index (χ0) is 16.8. The number of rotatable bonds is 8. The molecular formula is C19H29N3O. The first-order valence-corrected chi connectivity index (χ1v) is 8.68.